The Hall–Kier alpha value is -5.37. The number of halogens is 2. The zero-order chi connectivity index (χ0) is 36.2. The number of likely N-dealkylation sites (N-methyl/N-ethyl adjacent to an activating group) is 1. The summed E-state index contributed by atoms with van der Waals surface area (Å²) < 4.78 is 47.2. The number of aliphatic hydroxyl groups excluding tert-OH is 1. The second-order valence-corrected chi connectivity index (χ2v) is 12.5. The van der Waals surface area contributed by atoms with Crippen molar-refractivity contribution in [1.82, 2.24) is 19.4 Å². The van der Waals surface area contributed by atoms with Crippen molar-refractivity contribution in [3.05, 3.63) is 112 Å². The standard InChI is InChI=1S/C38H39F2N5O6/c1-23-24(17-28(46)22-44-15-13-43(2)14-16-44)21-45(27-8-5-25(39)6-9-27)38(48)36(23)37(47)42-26-7-10-33(30(40)18-26)51-32-11-12-41-31-20-35(50-4)34(49-3)19-29(31)32/h5-12,18-21,28,46H,13-17,22H2,1-4H3,(H,42,47). The Bertz CT molecular complexity index is 2120. The van der Waals surface area contributed by atoms with Crippen LogP contribution in [0.25, 0.3) is 16.6 Å². The highest BCUT2D eigenvalue weighted by Crippen LogP contribution is 2.37. The number of hydrogen-bond acceptors (Lipinski definition) is 9. The number of benzene rings is 3. The van der Waals surface area contributed by atoms with Gasteiger partial charge < -0.3 is 29.5 Å². The van der Waals surface area contributed by atoms with E-state index in [9.17, 15) is 19.1 Å². The molecule has 6 rings (SSSR count). The molecule has 1 saturated heterocycles. The number of piperazine rings is 1. The lowest BCUT2D eigenvalue weighted by Gasteiger charge is -2.33. The summed E-state index contributed by atoms with van der Waals surface area (Å²) in [7, 11) is 5.07. The lowest BCUT2D eigenvalue weighted by atomic mass is 9.99. The minimum Gasteiger partial charge on any atom is -0.493 e. The minimum absolute atomic E-state index is 0.0866. The predicted molar refractivity (Wildman–Crippen MR) is 190 cm³/mol. The van der Waals surface area contributed by atoms with Gasteiger partial charge in [0.2, 0.25) is 0 Å². The summed E-state index contributed by atoms with van der Waals surface area (Å²) in [5.41, 5.74) is 1.10. The van der Waals surface area contributed by atoms with Gasteiger partial charge in [-0.15, -0.1) is 0 Å². The number of rotatable bonds is 11. The number of ether oxygens (including phenoxy) is 3. The molecule has 3 aromatic carbocycles. The molecule has 1 aliphatic heterocycles. The van der Waals surface area contributed by atoms with Crippen LogP contribution < -0.4 is 25.1 Å². The zero-order valence-corrected chi connectivity index (χ0v) is 28.8. The van der Waals surface area contributed by atoms with Gasteiger partial charge >= 0.3 is 0 Å². The van der Waals surface area contributed by atoms with Crippen molar-refractivity contribution in [3.8, 4) is 28.7 Å². The van der Waals surface area contributed by atoms with Gasteiger partial charge in [-0.2, -0.15) is 0 Å². The van der Waals surface area contributed by atoms with Gasteiger partial charge in [-0.3, -0.25) is 24.0 Å². The average Bonchev–Trinajstić information content (AvgIpc) is 3.11. The van der Waals surface area contributed by atoms with Crippen LogP contribution in [0.3, 0.4) is 0 Å². The molecular weight excluding hydrogens is 660 g/mol. The first-order valence-corrected chi connectivity index (χ1v) is 16.4. The van der Waals surface area contributed by atoms with E-state index in [-0.39, 0.29) is 23.4 Å². The molecule has 266 valence electrons. The van der Waals surface area contributed by atoms with Crippen molar-refractivity contribution in [1.29, 1.82) is 0 Å². The molecule has 0 aliphatic carbocycles. The van der Waals surface area contributed by atoms with Crippen molar-refractivity contribution < 1.29 is 32.9 Å². The molecule has 1 amide bonds. The Morgan fingerprint density at radius 1 is 0.941 bits per heavy atom. The Morgan fingerprint density at radius 3 is 2.33 bits per heavy atom. The predicted octanol–water partition coefficient (Wildman–Crippen LogP) is 5.18. The minimum atomic E-state index is -0.774. The van der Waals surface area contributed by atoms with E-state index in [2.05, 4.69) is 27.1 Å². The Kier molecular flexibility index (Phi) is 10.6. The summed E-state index contributed by atoms with van der Waals surface area (Å²) in [5, 5.41) is 14.3. The fraction of sp³-hybridized carbons (Fsp3) is 0.289. The lowest BCUT2D eigenvalue weighted by Crippen LogP contribution is -2.47. The third kappa shape index (κ3) is 7.85. The van der Waals surface area contributed by atoms with Gasteiger partial charge in [0.1, 0.15) is 17.1 Å². The summed E-state index contributed by atoms with van der Waals surface area (Å²) in [4.78, 5) is 36.4. The van der Waals surface area contributed by atoms with Crippen molar-refractivity contribution in [2.75, 3.05) is 59.3 Å². The molecule has 1 atom stereocenters. The van der Waals surface area contributed by atoms with Gasteiger partial charge in [0, 0.05) is 80.4 Å². The molecule has 0 radical (unpaired) electrons. The molecule has 0 bridgehead atoms. The van der Waals surface area contributed by atoms with Crippen LogP contribution in [-0.4, -0.2) is 90.5 Å². The second-order valence-electron chi connectivity index (χ2n) is 12.5. The Morgan fingerprint density at radius 2 is 1.65 bits per heavy atom. The van der Waals surface area contributed by atoms with Crippen LogP contribution in [0.5, 0.6) is 23.0 Å². The molecule has 2 aromatic heterocycles. The van der Waals surface area contributed by atoms with Gasteiger partial charge in [0.15, 0.2) is 23.1 Å². The first-order valence-electron chi connectivity index (χ1n) is 16.4. The molecule has 1 aliphatic rings. The molecule has 1 unspecified atom stereocenters. The first-order chi connectivity index (χ1) is 24.5. The van der Waals surface area contributed by atoms with Crippen molar-refractivity contribution >= 4 is 22.5 Å². The first kappa shape index (κ1) is 35.5. The molecule has 11 nitrogen and oxygen atoms in total. The number of hydrogen-bond donors (Lipinski definition) is 2. The van der Waals surface area contributed by atoms with Crippen molar-refractivity contribution in [2.45, 2.75) is 19.4 Å². The van der Waals surface area contributed by atoms with E-state index >= 15 is 4.39 Å². The monoisotopic (exact) mass is 699 g/mol. The summed E-state index contributed by atoms with van der Waals surface area (Å²) >= 11 is 0. The van der Waals surface area contributed by atoms with Gasteiger partial charge in [-0.1, -0.05) is 0 Å². The molecular formula is C38H39F2N5O6. The van der Waals surface area contributed by atoms with Crippen LogP contribution in [-0.2, 0) is 6.42 Å². The van der Waals surface area contributed by atoms with Gasteiger partial charge in [0.25, 0.3) is 11.5 Å². The van der Waals surface area contributed by atoms with Gasteiger partial charge in [-0.05, 0) is 73.6 Å². The molecule has 0 saturated carbocycles. The summed E-state index contributed by atoms with van der Waals surface area (Å²) in [5.74, 6) is -0.873. The summed E-state index contributed by atoms with van der Waals surface area (Å²) in [6.45, 7) is 5.49. The number of pyridine rings is 2. The van der Waals surface area contributed by atoms with Crippen LogP contribution in [0.1, 0.15) is 21.5 Å². The topological polar surface area (TPSA) is 118 Å². The van der Waals surface area contributed by atoms with Gasteiger partial charge in [0.05, 0.1) is 25.8 Å². The molecule has 5 aromatic rings. The fourth-order valence-electron chi connectivity index (χ4n) is 6.18. The smallest absolute Gasteiger partial charge is 0.268 e. The third-order valence-electron chi connectivity index (χ3n) is 9.04. The van der Waals surface area contributed by atoms with E-state index in [1.165, 1.54) is 61.4 Å². The van der Waals surface area contributed by atoms with Crippen LogP contribution in [0.4, 0.5) is 14.5 Å². The molecule has 3 heterocycles. The number of aliphatic hydroxyl groups is 1. The van der Waals surface area contributed by atoms with E-state index in [0.29, 0.717) is 51.5 Å². The molecule has 1 fully saturated rings. The van der Waals surface area contributed by atoms with Crippen LogP contribution in [0.2, 0.25) is 0 Å². The normalized spacial score (nSPS) is 14.3. The third-order valence-corrected chi connectivity index (χ3v) is 9.04. The van der Waals surface area contributed by atoms with E-state index in [1.54, 1.807) is 31.3 Å². The number of carbonyl (C=O) groups excluding carboxylic acids is 1. The number of amides is 1. The van der Waals surface area contributed by atoms with Crippen molar-refractivity contribution in [3.63, 3.8) is 0 Å². The molecule has 0 spiro atoms. The number of aromatic nitrogens is 2. The highest BCUT2D eigenvalue weighted by molar-refractivity contribution is 6.05. The number of methoxy groups -OCH3 is 2. The largest absolute Gasteiger partial charge is 0.493 e. The zero-order valence-electron chi connectivity index (χ0n) is 28.8. The second kappa shape index (κ2) is 15.3. The number of carbonyl (C=O) groups is 1. The molecule has 51 heavy (non-hydrogen) atoms. The van der Waals surface area contributed by atoms with E-state index in [0.717, 1.165) is 32.2 Å². The van der Waals surface area contributed by atoms with E-state index in [1.807, 2.05) is 0 Å². The SMILES string of the molecule is COc1cc2nccc(Oc3ccc(NC(=O)c4c(C)c(CC(O)CN5CCN(C)CC5)cn(-c5ccc(F)cc5)c4=O)cc3F)c2cc1OC. The van der Waals surface area contributed by atoms with Crippen molar-refractivity contribution in [2.24, 2.45) is 0 Å². The number of fused-ring (bicyclic) bond motifs is 1. The van der Waals surface area contributed by atoms with Gasteiger partial charge in [-0.25, -0.2) is 8.78 Å². The number of anilines is 1. The maximum atomic E-state index is 15.5. The lowest BCUT2D eigenvalue weighted by molar-refractivity contribution is 0.0805. The quantitative estimate of drug-likeness (QED) is 0.192. The maximum absolute atomic E-state index is 15.5. The molecule has 13 heteroatoms. The van der Waals surface area contributed by atoms with Crippen LogP contribution in [0, 0.1) is 18.6 Å². The van der Waals surface area contributed by atoms with E-state index in [4.69, 9.17) is 14.2 Å². The maximum Gasteiger partial charge on any atom is 0.268 e. The van der Waals surface area contributed by atoms with Crippen LogP contribution in [0.15, 0.2) is 77.9 Å². The van der Waals surface area contributed by atoms with Crippen LogP contribution >= 0.6 is 0 Å². The number of β-amino-alcohol motifs (C(OH)–C–C–N with tert-alkyl or cyclic N) is 1. The Balaban J connectivity index is 1.27. The average molecular weight is 700 g/mol. The highest BCUT2D eigenvalue weighted by atomic mass is 19.1. The van der Waals surface area contributed by atoms with E-state index < -0.39 is 29.2 Å². The summed E-state index contributed by atoms with van der Waals surface area (Å²) in [6, 6.07) is 14.2. The highest BCUT2D eigenvalue weighted by Gasteiger charge is 2.24. The Labute approximate surface area is 293 Å². The number of nitrogens with zero attached hydrogens (tertiary/aromatic N) is 4. The summed E-state index contributed by atoms with van der Waals surface area (Å²) in [6.07, 6.45) is 2.50. The number of nitrogens with one attached hydrogen (secondary N) is 1. The molecule has 2 N–H and O–H groups in total. The fourth-order valence-corrected chi connectivity index (χ4v) is 6.18.